The number of hydrogen-bond acceptors (Lipinski definition) is 2. The van der Waals surface area contributed by atoms with E-state index in [0.29, 0.717) is 17.9 Å². The van der Waals surface area contributed by atoms with Crippen LogP contribution < -0.4 is 5.32 Å². The molecule has 1 heterocycles. The van der Waals surface area contributed by atoms with Crippen molar-refractivity contribution in [2.45, 2.75) is 44.6 Å². The summed E-state index contributed by atoms with van der Waals surface area (Å²) in [4.78, 5) is 13.9. The summed E-state index contributed by atoms with van der Waals surface area (Å²) in [5.41, 5.74) is 0. The van der Waals surface area contributed by atoms with Gasteiger partial charge in [0, 0.05) is 26.1 Å². The molecule has 1 saturated carbocycles. The average Bonchev–Trinajstić information content (AvgIpc) is 2.23. The summed E-state index contributed by atoms with van der Waals surface area (Å²) in [7, 11) is 1.97. The minimum Gasteiger partial charge on any atom is -0.341 e. The van der Waals surface area contributed by atoms with E-state index in [1.165, 1.54) is 32.1 Å². The van der Waals surface area contributed by atoms with Gasteiger partial charge in [0.1, 0.15) is 0 Å². The second kappa shape index (κ2) is 4.97. The van der Waals surface area contributed by atoms with Crippen LogP contribution in [0.2, 0.25) is 0 Å². The molecule has 1 aliphatic carbocycles. The maximum Gasteiger partial charge on any atom is 0.222 e. The molecule has 1 saturated heterocycles. The van der Waals surface area contributed by atoms with Gasteiger partial charge in [-0.1, -0.05) is 6.42 Å². The predicted molar refractivity (Wildman–Crippen MR) is 60.6 cm³/mol. The Morgan fingerprint density at radius 2 is 2.13 bits per heavy atom. The lowest BCUT2D eigenvalue weighted by Crippen LogP contribution is -2.47. The van der Waals surface area contributed by atoms with Crippen molar-refractivity contribution >= 4 is 5.91 Å². The first kappa shape index (κ1) is 10.9. The number of hydrogen-bond donors (Lipinski definition) is 1. The smallest absolute Gasteiger partial charge is 0.222 e. The first-order valence-corrected chi connectivity index (χ1v) is 6.24. The maximum atomic E-state index is 11.9. The van der Waals surface area contributed by atoms with E-state index in [-0.39, 0.29) is 0 Å². The second-order valence-electron chi connectivity index (χ2n) is 5.01. The van der Waals surface area contributed by atoms with Gasteiger partial charge < -0.3 is 10.2 Å². The Labute approximate surface area is 92.2 Å². The summed E-state index contributed by atoms with van der Waals surface area (Å²) >= 11 is 0. The van der Waals surface area contributed by atoms with Gasteiger partial charge in [-0.25, -0.2) is 0 Å². The summed E-state index contributed by atoms with van der Waals surface area (Å²) in [5.74, 6) is 1.05. The Bertz CT molecular complexity index is 220. The van der Waals surface area contributed by atoms with E-state index in [4.69, 9.17) is 0 Å². The average molecular weight is 210 g/mol. The van der Waals surface area contributed by atoms with Crippen LogP contribution in [0, 0.1) is 5.92 Å². The highest BCUT2D eigenvalue weighted by Gasteiger charge is 2.26. The molecule has 1 amide bonds. The SMILES string of the molecule is CN(C(=O)CC1CCC1)C1CCCNC1. The molecular weight excluding hydrogens is 188 g/mol. The summed E-state index contributed by atoms with van der Waals surface area (Å²) in [5, 5.41) is 3.36. The van der Waals surface area contributed by atoms with Gasteiger partial charge >= 0.3 is 0 Å². The summed E-state index contributed by atoms with van der Waals surface area (Å²) in [6, 6.07) is 0.436. The molecule has 0 aromatic carbocycles. The molecule has 2 fully saturated rings. The fourth-order valence-electron chi connectivity index (χ4n) is 2.46. The third kappa shape index (κ3) is 2.71. The minimum atomic E-state index is 0.355. The number of rotatable bonds is 3. The van der Waals surface area contributed by atoms with Crippen LogP contribution in [-0.2, 0) is 4.79 Å². The molecular formula is C12H22N2O. The Balaban J connectivity index is 1.77. The zero-order chi connectivity index (χ0) is 10.7. The zero-order valence-corrected chi connectivity index (χ0v) is 9.67. The van der Waals surface area contributed by atoms with Crippen LogP contribution in [0.5, 0.6) is 0 Å². The predicted octanol–water partition coefficient (Wildman–Crippen LogP) is 1.39. The first-order chi connectivity index (χ1) is 7.27. The number of piperidine rings is 1. The van der Waals surface area contributed by atoms with Gasteiger partial charge in [-0.05, 0) is 38.1 Å². The molecule has 0 aromatic heterocycles. The molecule has 0 radical (unpaired) electrons. The van der Waals surface area contributed by atoms with Crippen LogP contribution >= 0.6 is 0 Å². The molecule has 0 aromatic rings. The van der Waals surface area contributed by atoms with E-state index in [1.54, 1.807) is 0 Å². The van der Waals surface area contributed by atoms with Crippen molar-refractivity contribution in [2.75, 3.05) is 20.1 Å². The quantitative estimate of drug-likeness (QED) is 0.763. The van der Waals surface area contributed by atoms with E-state index in [1.807, 2.05) is 11.9 Å². The molecule has 15 heavy (non-hydrogen) atoms. The molecule has 1 aliphatic heterocycles. The van der Waals surface area contributed by atoms with Crippen molar-refractivity contribution in [1.82, 2.24) is 10.2 Å². The van der Waals surface area contributed by atoms with E-state index in [0.717, 1.165) is 19.5 Å². The fourth-order valence-corrected chi connectivity index (χ4v) is 2.46. The minimum absolute atomic E-state index is 0.355. The molecule has 3 heteroatoms. The van der Waals surface area contributed by atoms with Crippen LogP contribution in [0.4, 0.5) is 0 Å². The van der Waals surface area contributed by atoms with Crippen molar-refractivity contribution in [3.8, 4) is 0 Å². The fraction of sp³-hybridized carbons (Fsp3) is 0.917. The number of nitrogens with one attached hydrogen (secondary N) is 1. The summed E-state index contributed by atoms with van der Waals surface area (Å²) in [6.07, 6.45) is 7.01. The van der Waals surface area contributed by atoms with Gasteiger partial charge in [0.05, 0.1) is 0 Å². The van der Waals surface area contributed by atoms with Crippen LogP contribution in [0.1, 0.15) is 38.5 Å². The molecule has 1 atom stereocenters. The van der Waals surface area contributed by atoms with Crippen molar-refractivity contribution in [2.24, 2.45) is 5.92 Å². The summed E-state index contributed by atoms with van der Waals surface area (Å²) < 4.78 is 0. The molecule has 0 spiro atoms. The Morgan fingerprint density at radius 1 is 1.33 bits per heavy atom. The van der Waals surface area contributed by atoms with Crippen LogP contribution in [0.3, 0.4) is 0 Å². The van der Waals surface area contributed by atoms with Crippen molar-refractivity contribution < 1.29 is 4.79 Å². The normalized spacial score (nSPS) is 27.1. The third-order valence-electron chi connectivity index (χ3n) is 3.90. The highest BCUT2D eigenvalue weighted by Crippen LogP contribution is 2.30. The van der Waals surface area contributed by atoms with Crippen molar-refractivity contribution in [3.63, 3.8) is 0 Å². The molecule has 0 bridgehead atoms. The first-order valence-electron chi connectivity index (χ1n) is 6.24. The number of carbonyl (C=O) groups excluding carboxylic acids is 1. The zero-order valence-electron chi connectivity index (χ0n) is 9.67. The van der Waals surface area contributed by atoms with E-state index in [9.17, 15) is 4.79 Å². The highest BCUT2D eigenvalue weighted by molar-refractivity contribution is 5.76. The molecule has 86 valence electrons. The van der Waals surface area contributed by atoms with Gasteiger partial charge in [0.15, 0.2) is 0 Å². The van der Waals surface area contributed by atoms with Crippen molar-refractivity contribution in [1.29, 1.82) is 0 Å². The number of carbonyl (C=O) groups is 1. The number of amides is 1. The van der Waals surface area contributed by atoms with Gasteiger partial charge in [0.2, 0.25) is 5.91 Å². The van der Waals surface area contributed by atoms with Crippen LogP contribution in [0.15, 0.2) is 0 Å². The molecule has 2 rings (SSSR count). The molecule has 3 nitrogen and oxygen atoms in total. The topological polar surface area (TPSA) is 32.3 Å². The maximum absolute atomic E-state index is 11.9. The van der Waals surface area contributed by atoms with Crippen LogP contribution in [0.25, 0.3) is 0 Å². The molecule has 2 aliphatic rings. The Kier molecular flexibility index (Phi) is 3.62. The van der Waals surface area contributed by atoms with E-state index in [2.05, 4.69) is 5.32 Å². The third-order valence-corrected chi connectivity index (χ3v) is 3.90. The number of likely N-dealkylation sites (N-methyl/N-ethyl adjacent to an activating group) is 1. The van der Waals surface area contributed by atoms with E-state index >= 15 is 0 Å². The molecule has 1 N–H and O–H groups in total. The lowest BCUT2D eigenvalue weighted by atomic mass is 9.82. The van der Waals surface area contributed by atoms with Crippen molar-refractivity contribution in [3.05, 3.63) is 0 Å². The Hall–Kier alpha value is -0.570. The van der Waals surface area contributed by atoms with Gasteiger partial charge in [-0.3, -0.25) is 4.79 Å². The monoisotopic (exact) mass is 210 g/mol. The van der Waals surface area contributed by atoms with Gasteiger partial charge in [0.25, 0.3) is 0 Å². The van der Waals surface area contributed by atoms with Gasteiger partial charge in [-0.2, -0.15) is 0 Å². The standard InChI is InChI=1S/C12H22N2O/c1-14(11-6-3-7-13-9-11)12(15)8-10-4-2-5-10/h10-11,13H,2-9H2,1H3. The second-order valence-corrected chi connectivity index (χ2v) is 5.01. The lowest BCUT2D eigenvalue weighted by Gasteiger charge is -2.34. The van der Waals surface area contributed by atoms with Crippen LogP contribution in [-0.4, -0.2) is 37.0 Å². The summed E-state index contributed by atoms with van der Waals surface area (Å²) in [6.45, 7) is 2.09. The largest absolute Gasteiger partial charge is 0.341 e. The van der Waals surface area contributed by atoms with E-state index < -0.39 is 0 Å². The highest BCUT2D eigenvalue weighted by atomic mass is 16.2. The lowest BCUT2D eigenvalue weighted by molar-refractivity contribution is -0.133. The molecule has 1 unspecified atom stereocenters. The Morgan fingerprint density at radius 3 is 2.67 bits per heavy atom. The number of nitrogens with zero attached hydrogens (tertiary/aromatic N) is 1. The van der Waals surface area contributed by atoms with Gasteiger partial charge in [-0.15, -0.1) is 0 Å².